The Balaban J connectivity index is 0.00000157. The summed E-state index contributed by atoms with van der Waals surface area (Å²) in [6, 6.07) is 16.7. The fourth-order valence-corrected chi connectivity index (χ4v) is 4.53. The highest BCUT2D eigenvalue weighted by Gasteiger charge is 2.33. The van der Waals surface area contributed by atoms with Gasteiger partial charge in [-0.1, -0.05) is 36.4 Å². The molecule has 1 aromatic heterocycles. The summed E-state index contributed by atoms with van der Waals surface area (Å²) in [5.41, 5.74) is 2.34. The Morgan fingerprint density at radius 2 is 1.60 bits per heavy atom. The molecular weight excluding hydrogens is 557 g/mol. The van der Waals surface area contributed by atoms with Gasteiger partial charge in [-0.2, -0.15) is 0 Å². The van der Waals surface area contributed by atoms with Crippen LogP contribution in [0.15, 0.2) is 70.4 Å². The van der Waals surface area contributed by atoms with Crippen molar-refractivity contribution >= 4 is 58.8 Å². The van der Waals surface area contributed by atoms with Crippen LogP contribution in [0.5, 0.6) is 0 Å². The number of fused-ring (bicyclic) bond motifs is 6. The summed E-state index contributed by atoms with van der Waals surface area (Å²) >= 11 is 7.38. The van der Waals surface area contributed by atoms with Crippen molar-refractivity contribution in [2.24, 2.45) is 4.99 Å². The maximum Gasteiger partial charge on any atom is 0.335 e. The third kappa shape index (κ3) is 2.65. The van der Waals surface area contributed by atoms with Gasteiger partial charge in [0.1, 0.15) is 6.20 Å². The molecule has 25 heavy (non-hydrogen) atoms. The molecule has 0 fully saturated rings. The summed E-state index contributed by atoms with van der Waals surface area (Å²) in [4.78, 5) is 7.21. The summed E-state index contributed by atoms with van der Waals surface area (Å²) < 4.78 is 4.35. The molecule has 124 valence electrons. The van der Waals surface area contributed by atoms with Gasteiger partial charge in [0.25, 0.3) is 5.84 Å². The summed E-state index contributed by atoms with van der Waals surface area (Å²) in [6.45, 7) is 0.737. The largest absolute Gasteiger partial charge is 1.00 e. The summed E-state index contributed by atoms with van der Waals surface area (Å²) in [5, 5.41) is 2.34. The number of hydrogen-bond donors (Lipinski definition) is 0. The average molecular weight is 569 g/mol. The van der Waals surface area contributed by atoms with E-state index in [9.17, 15) is 0 Å². The van der Waals surface area contributed by atoms with E-state index in [0.29, 0.717) is 0 Å². The summed E-state index contributed by atoms with van der Waals surface area (Å²) in [6.07, 6.45) is 4.22. The zero-order chi connectivity index (χ0) is 16.3. The lowest BCUT2D eigenvalue weighted by molar-refractivity contribution is -0.699. The Bertz CT molecular complexity index is 1080. The predicted octanol–water partition coefficient (Wildman–Crippen LogP) is 1.95. The number of nitrogens with zero attached hydrogens (tertiary/aromatic N) is 3. The molecule has 0 amide bonds. The molecule has 2 aromatic carbocycles. The molecule has 0 spiro atoms. The highest BCUT2D eigenvalue weighted by molar-refractivity contribution is 9.15. The lowest BCUT2D eigenvalue weighted by Crippen LogP contribution is -3.00. The lowest BCUT2D eigenvalue weighted by atomic mass is 10.0. The smallest absolute Gasteiger partial charge is 0.335 e. The van der Waals surface area contributed by atoms with E-state index in [1.807, 2.05) is 0 Å². The van der Waals surface area contributed by atoms with Crippen molar-refractivity contribution in [1.29, 1.82) is 0 Å². The highest BCUT2D eigenvalue weighted by atomic mass is 127. The Morgan fingerprint density at radius 1 is 0.920 bits per heavy atom. The van der Waals surface area contributed by atoms with Crippen molar-refractivity contribution in [2.75, 3.05) is 0 Å². The van der Waals surface area contributed by atoms with Crippen molar-refractivity contribution in [2.45, 2.75) is 6.67 Å². The Kier molecular flexibility index (Phi) is 4.45. The molecule has 0 atom stereocenters. The van der Waals surface area contributed by atoms with Gasteiger partial charge < -0.3 is 24.0 Å². The van der Waals surface area contributed by atoms with E-state index >= 15 is 0 Å². The first-order valence-electron chi connectivity index (χ1n) is 7.65. The van der Waals surface area contributed by atoms with E-state index in [2.05, 4.69) is 102 Å². The molecule has 3 heterocycles. The zero-order valence-corrected chi connectivity index (χ0v) is 18.3. The molecule has 0 saturated carbocycles. The van der Waals surface area contributed by atoms with Gasteiger partial charge in [0.05, 0.1) is 15.4 Å². The molecule has 0 N–H and O–H groups in total. The Hall–Kier alpha value is -1.25. The summed E-state index contributed by atoms with van der Waals surface area (Å²) in [5.74, 6) is 2.00. The maximum atomic E-state index is 5.03. The van der Waals surface area contributed by atoms with Crippen molar-refractivity contribution in [3.63, 3.8) is 0 Å². The first-order chi connectivity index (χ1) is 11.7. The van der Waals surface area contributed by atoms with Crippen molar-refractivity contribution in [3.05, 3.63) is 76.5 Å². The standard InChI is InChI=1S/C19H12Br2N3.HI/c20-16-9-23-11-24-10-17(21)13-6-2-4-8-15(13)19(24)22-18(23)14-7-3-1-5-12(14)16;/h1-10H,11H2;1H/q+1;/p-1. The van der Waals surface area contributed by atoms with Crippen molar-refractivity contribution < 1.29 is 28.5 Å². The molecule has 2 aliphatic heterocycles. The van der Waals surface area contributed by atoms with Crippen LogP contribution in [0.1, 0.15) is 11.1 Å². The number of aromatic nitrogens is 1. The number of hydrogen-bond acceptors (Lipinski definition) is 2. The molecule has 2 aliphatic rings. The Morgan fingerprint density at radius 3 is 2.40 bits per heavy atom. The quantitative estimate of drug-likeness (QED) is 0.300. The van der Waals surface area contributed by atoms with Gasteiger partial charge in [-0.25, -0.2) is 4.57 Å². The third-order valence-corrected chi connectivity index (χ3v) is 5.71. The molecule has 0 unspecified atom stereocenters. The SMILES string of the molecule is BrC1=CN2C[n+]3cc(Br)c4ccccc4c3N=C2c2ccccc21.[I-]. The van der Waals surface area contributed by atoms with Gasteiger partial charge in [-0.05, 0) is 49.0 Å². The Labute approximate surface area is 179 Å². The molecule has 0 bridgehead atoms. The molecule has 0 saturated heterocycles. The number of amidine groups is 1. The van der Waals surface area contributed by atoms with Crippen LogP contribution < -0.4 is 28.5 Å². The number of aliphatic imine (C=N–C) groups is 1. The molecule has 5 rings (SSSR count). The van der Waals surface area contributed by atoms with Crippen molar-refractivity contribution in [3.8, 4) is 0 Å². The van der Waals surface area contributed by atoms with Crippen molar-refractivity contribution in [1.82, 2.24) is 4.90 Å². The minimum absolute atomic E-state index is 0. The van der Waals surface area contributed by atoms with Crippen LogP contribution in [0.4, 0.5) is 5.82 Å². The fourth-order valence-electron chi connectivity index (χ4n) is 3.35. The van der Waals surface area contributed by atoms with Gasteiger partial charge >= 0.3 is 5.82 Å². The molecule has 3 nitrogen and oxygen atoms in total. The zero-order valence-electron chi connectivity index (χ0n) is 13.0. The van der Waals surface area contributed by atoms with E-state index < -0.39 is 0 Å². The number of benzene rings is 2. The second kappa shape index (κ2) is 6.48. The van der Waals surface area contributed by atoms with E-state index in [1.54, 1.807) is 0 Å². The molecule has 6 heteroatoms. The minimum Gasteiger partial charge on any atom is -1.00 e. The second-order valence-corrected chi connectivity index (χ2v) is 7.59. The molecule has 3 aromatic rings. The summed E-state index contributed by atoms with van der Waals surface area (Å²) in [7, 11) is 0. The topological polar surface area (TPSA) is 19.5 Å². The van der Waals surface area contributed by atoms with Crippen LogP contribution in [0.3, 0.4) is 0 Å². The highest BCUT2D eigenvalue weighted by Crippen LogP contribution is 2.36. The van der Waals surface area contributed by atoms with E-state index in [0.717, 1.165) is 38.2 Å². The van der Waals surface area contributed by atoms with Crippen LogP contribution in [-0.4, -0.2) is 10.7 Å². The van der Waals surface area contributed by atoms with Gasteiger partial charge in [-0.15, -0.1) is 0 Å². The van der Waals surface area contributed by atoms with E-state index in [4.69, 9.17) is 4.99 Å². The van der Waals surface area contributed by atoms with Crippen LogP contribution in [0, 0.1) is 0 Å². The minimum atomic E-state index is 0. The number of rotatable bonds is 0. The lowest BCUT2D eigenvalue weighted by Gasteiger charge is -2.27. The van der Waals surface area contributed by atoms with E-state index in [-0.39, 0.29) is 24.0 Å². The van der Waals surface area contributed by atoms with Gasteiger partial charge in [0.2, 0.25) is 0 Å². The molecule has 0 radical (unpaired) electrons. The molecular formula is C19H12Br2IN3. The van der Waals surface area contributed by atoms with E-state index in [1.165, 1.54) is 10.9 Å². The van der Waals surface area contributed by atoms with Crippen LogP contribution in [0.25, 0.3) is 15.3 Å². The second-order valence-electron chi connectivity index (χ2n) is 5.89. The van der Waals surface area contributed by atoms with Crippen LogP contribution in [-0.2, 0) is 6.67 Å². The third-order valence-electron chi connectivity index (χ3n) is 4.45. The first kappa shape index (κ1) is 17.2. The van der Waals surface area contributed by atoms with Crippen LogP contribution >= 0.6 is 31.9 Å². The fraction of sp³-hybridized carbons (Fsp3) is 0.0526. The number of halogens is 3. The maximum absolute atomic E-state index is 5.03. The van der Waals surface area contributed by atoms with Gasteiger partial charge in [0.15, 0.2) is 6.67 Å². The first-order valence-corrected chi connectivity index (χ1v) is 9.24. The normalized spacial score (nSPS) is 14.7. The number of pyridine rings is 1. The van der Waals surface area contributed by atoms with Crippen LogP contribution in [0.2, 0.25) is 0 Å². The average Bonchev–Trinajstić information content (AvgIpc) is 2.61. The van der Waals surface area contributed by atoms with Gasteiger partial charge in [0, 0.05) is 21.6 Å². The van der Waals surface area contributed by atoms with Gasteiger partial charge in [-0.3, -0.25) is 4.90 Å². The molecule has 0 aliphatic carbocycles. The predicted molar refractivity (Wildman–Crippen MR) is 103 cm³/mol. The monoisotopic (exact) mass is 567 g/mol.